The monoisotopic (exact) mass is 249 g/mol. The molecule has 0 aliphatic carbocycles. The molecular formula is C18H19N. The van der Waals surface area contributed by atoms with Gasteiger partial charge in [0.05, 0.1) is 12.0 Å². The van der Waals surface area contributed by atoms with Gasteiger partial charge in [0.15, 0.2) is 0 Å². The minimum absolute atomic E-state index is 0.0322. The molecular weight excluding hydrogens is 230 g/mol. The van der Waals surface area contributed by atoms with E-state index in [9.17, 15) is 5.26 Å². The van der Waals surface area contributed by atoms with E-state index >= 15 is 0 Å². The lowest BCUT2D eigenvalue weighted by Crippen LogP contribution is -1.95. The fraction of sp³-hybridized carbons (Fsp3) is 0.278. The molecule has 0 saturated carbocycles. The summed E-state index contributed by atoms with van der Waals surface area (Å²) in [5, 5.41) is 9.24. The molecule has 0 aliphatic rings. The highest BCUT2D eigenvalue weighted by atomic mass is 14.3. The summed E-state index contributed by atoms with van der Waals surface area (Å²) in [6, 6.07) is 21.1. The summed E-state index contributed by atoms with van der Waals surface area (Å²) >= 11 is 0. The van der Waals surface area contributed by atoms with E-state index in [0.29, 0.717) is 0 Å². The van der Waals surface area contributed by atoms with Crippen molar-refractivity contribution in [3.63, 3.8) is 0 Å². The first-order valence-corrected chi connectivity index (χ1v) is 6.90. The Morgan fingerprint density at radius 3 is 2.16 bits per heavy atom. The van der Waals surface area contributed by atoms with Crippen molar-refractivity contribution < 1.29 is 0 Å². The van der Waals surface area contributed by atoms with Crippen LogP contribution in [0.3, 0.4) is 0 Å². The Kier molecular flexibility index (Phi) is 4.75. The molecule has 0 saturated heterocycles. The standard InChI is InChI=1S/C18H19N/c1-2-3-7-18(14-19)17-12-10-16(11-13-17)15-8-5-4-6-9-15/h4-6,8-13,18H,2-3,7H2,1H3. The van der Waals surface area contributed by atoms with Gasteiger partial charge in [-0.05, 0) is 23.1 Å². The molecule has 0 bridgehead atoms. The summed E-state index contributed by atoms with van der Waals surface area (Å²) < 4.78 is 0. The van der Waals surface area contributed by atoms with E-state index in [1.165, 1.54) is 11.1 Å². The third kappa shape index (κ3) is 3.45. The van der Waals surface area contributed by atoms with Crippen LogP contribution in [0.1, 0.15) is 37.7 Å². The number of benzene rings is 2. The van der Waals surface area contributed by atoms with Crippen LogP contribution < -0.4 is 0 Å². The Morgan fingerprint density at radius 2 is 1.58 bits per heavy atom. The van der Waals surface area contributed by atoms with Crippen LogP contribution in [0, 0.1) is 11.3 Å². The molecule has 96 valence electrons. The van der Waals surface area contributed by atoms with Gasteiger partial charge in [0.2, 0.25) is 0 Å². The molecule has 0 aliphatic heterocycles. The minimum atomic E-state index is 0.0322. The topological polar surface area (TPSA) is 23.8 Å². The molecule has 2 rings (SSSR count). The molecule has 0 heterocycles. The fourth-order valence-electron chi connectivity index (χ4n) is 2.25. The van der Waals surface area contributed by atoms with Crippen LogP contribution in [-0.2, 0) is 0 Å². The van der Waals surface area contributed by atoms with Crippen molar-refractivity contribution in [3.8, 4) is 17.2 Å². The Labute approximate surface area is 115 Å². The number of nitriles is 1. The lowest BCUT2D eigenvalue weighted by Gasteiger charge is -2.09. The van der Waals surface area contributed by atoms with Gasteiger partial charge in [0.25, 0.3) is 0 Å². The van der Waals surface area contributed by atoms with Crippen molar-refractivity contribution in [2.45, 2.75) is 32.1 Å². The zero-order valence-corrected chi connectivity index (χ0v) is 11.3. The molecule has 2 aromatic carbocycles. The maximum Gasteiger partial charge on any atom is 0.0712 e. The van der Waals surface area contributed by atoms with Crippen LogP contribution in [0.5, 0.6) is 0 Å². The van der Waals surface area contributed by atoms with E-state index in [1.807, 2.05) is 18.2 Å². The summed E-state index contributed by atoms with van der Waals surface area (Å²) in [5.74, 6) is 0.0322. The Morgan fingerprint density at radius 1 is 0.947 bits per heavy atom. The van der Waals surface area contributed by atoms with Crippen LogP contribution in [0.4, 0.5) is 0 Å². The van der Waals surface area contributed by atoms with Gasteiger partial charge in [-0.1, -0.05) is 74.4 Å². The predicted octanol–water partition coefficient (Wildman–Crippen LogP) is 5.15. The molecule has 2 aromatic rings. The lowest BCUT2D eigenvalue weighted by atomic mass is 9.93. The molecule has 1 atom stereocenters. The molecule has 0 N–H and O–H groups in total. The SMILES string of the molecule is CCCCC(C#N)c1ccc(-c2ccccc2)cc1. The van der Waals surface area contributed by atoms with Crippen molar-refractivity contribution in [1.82, 2.24) is 0 Å². The van der Waals surface area contributed by atoms with Gasteiger partial charge >= 0.3 is 0 Å². The molecule has 1 unspecified atom stereocenters. The van der Waals surface area contributed by atoms with Crippen LogP contribution in [0.15, 0.2) is 54.6 Å². The van der Waals surface area contributed by atoms with Gasteiger partial charge in [0.1, 0.15) is 0 Å². The first-order valence-electron chi connectivity index (χ1n) is 6.90. The first kappa shape index (κ1) is 13.4. The van der Waals surface area contributed by atoms with Gasteiger partial charge in [0, 0.05) is 0 Å². The Balaban J connectivity index is 2.16. The fourth-order valence-corrected chi connectivity index (χ4v) is 2.25. The predicted molar refractivity (Wildman–Crippen MR) is 79.8 cm³/mol. The van der Waals surface area contributed by atoms with Gasteiger partial charge in [-0.2, -0.15) is 5.26 Å². The number of rotatable bonds is 5. The minimum Gasteiger partial charge on any atom is -0.198 e. The van der Waals surface area contributed by atoms with E-state index < -0.39 is 0 Å². The summed E-state index contributed by atoms with van der Waals surface area (Å²) in [7, 11) is 0. The van der Waals surface area contributed by atoms with Crippen LogP contribution in [0.2, 0.25) is 0 Å². The Hall–Kier alpha value is -2.07. The second kappa shape index (κ2) is 6.75. The molecule has 19 heavy (non-hydrogen) atoms. The quantitative estimate of drug-likeness (QED) is 0.718. The van der Waals surface area contributed by atoms with Crippen LogP contribution in [0.25, 0.3) is 11.1 Å². The van der Waals surface area contributed by atoms with E-state index in [1.54, 1.807) is 0 Å². The number of hydrogen-bond donors (Lipinski definition) is 0. The third-order valence-electron chi connectivity index (χ3n) is 3.42. The molecule has 1 heteroatoms. The average molecular weight is 249 g/mol. The number of unbranched alkanes of at least 4 members (excludes halogenated alkanes) is 1. The van der Waals surface area contributed by atoms with Crippen LogP contribution >= 0.6 is 0 Å². The zero-order valence-electron chi connectivity index (χ0n) is 11.3. The van der Waals surface area contributed by atoms with Crippen LogP contribution in [-0.4, -0.2) is 0 Å². The van der Waals surface area contributed by atoms with Crippen molar-refractivity contribution in [3.05, 3.63) is 60.2 Å². The molecule has 0 spiro atoms. The van der Waals surface area contributed by atoms with Crippen molar-refractivity contribution in [2.24, 2.45) is 0 Å². The maximum absolute atomic E-state index is 9.24. The summed E-state index contributed by atoms with van der Waals surface area (Å²) in [6.45, 7) is 2.16. The molecule has 0 amide bonds. The molecule has 0 radical (unpaired) electrons. The highest BCUT2D eigenvalue weighted by Gasteiger charge is 2.09. The molecule has 1 nitrogen and oxygen atoms in total. The number of nitrogens with zero attached hydrogens (tertiary/aromatic N) is 1. The molecule has 0 fully saturated rings. The van der Waals surface area contributed by atoms with E-state index in [2.05, 4.69) is 49.4 Å². The van der Waals surface area contributed by atoms with Crippen molar-refractivity contribution in [1.29, 1.82) is 5.26 Å². The van der Waals surface area contributed by atoms with Crippen molar-refractivity contribution in [2.75, 3.05) is 0 Å². The maximum atomic E-state index is 9.24. The highest BCUT2D eigenvalue weighted by molar-refractivity contribution is 5.63. The summed E-state index contributed by atoms with van der Waals surface area (Å²) in [4.78, 5) is 0. The van der Waals surface area contributed by atoms with E-state index in [0.717, 1.165) is 24.8 Å². The van der Waals surface area contributed by atoms with Gasteiger partial charge < -0.3 is 0 Å². The third-order valence-corrected chi connectivity index (χ3v) is 3.42. The largest absolute Gasteiger partial charge is 0.198 e. The van der Waals surface area contributed by atoms with E-state index in [4.69, 9.17) is 0 Å². The smallest absolute Gasteiger partial charge is 0.0712 e. The van der Waals surface area contributed by atoms with Gasteiger partial charge in [-0.15, -0.1) is 0 Å². The Bertz CT molecular complexity index is 534. The van der Waals surface area contributed by atoms with Gasteiger partial charge in [-0.25, -0.2) is 0 Å². The highest BCUT2D eigenvalue weighted by Crippen LogP contribution is 2.25. The second-order valence-electron chi connectivity index (χ2n) is 4.81. The molecule has 0 aromatic heterocycles. The normalized spacial score (nSPS) is 11.8. The lowest BCUT2D eigenvalue weighted by molar-refractivity contribution is 0.671. The zero-order chi connectivity index (χ0) is 13.5. The summed E-state index contributed by atoms with van der Waals surface area (Å²) in [5.41, 5.74) is 3.56. The summed E-state index contributed by atoms with van der Waals surface area (Å²) in [6.07, 6.45) is 3.20. The average Bonchev–Trinajstić information content (AvgIpc) is 2.49. The number of hydrogen-bond acceptors (Lipinski definition) is 1. The van der Waals surface area contributed by atoms with Crippen molar-refractivity contribution >= 4 is 0 Å². The second-order valence-corrected chi connectivity index (χ2v) is 4.81. The van der Waals surface area contributed by atoms with E-state index in [-0.39, 0.29) is 5.92 Å². The van der Waals surface area contributed by atoms with Gasteiger partial charge in [-0.3, -0.25) is 0 Å². The first-order chi connectivity index (χ1) is 9.35.